The van der Waals surface area contributed by atoms with Crippen molar-refractivity contribution in [3.05, 3.63) is 47.5 Å². The molecule has 0 aliphatic heterocycles. The summed E-state index contributed by atoms with van der Waals surface area (Å²) in [6, 6.07) is 8.73. The van der Waals surface area contributed by atoms with Gasteiger partial charge in [-0.1, -0.05) is 12.1 Å². The van der Waals surface area contributed by atoms with E-state index in [2.05, 4.69) is 10.9 Å². The van der Waals surface area contributed by atoms with Crippen LogP contribution in [0.15, 0.2) is 36.4 Å². The van der Waals surface area contributed by atoms with Crippen LogP contribution in [0.1, 0.15) is 20.7 Å². The lowest BCUT2D eigenvalue weighted by Crippen LogP contribution is -2.41. The molecule has 2 amide bonds. The molecule has 4 N–H and O–H groups in total. The number of benzene rings is 2. The van der Waals surface area contributed by atoms with Crippen LogP contribution in [0.3, 0.4) is 0 Å². The highest BCUT2D eigenvalue weighted by atomic mass is 16.5. The maximum atomic E-state index is 12.0. The van der Waals surface area contributed by atoms with E-state index in [0.29, 0.717) is 0 Å². The fourth-order valence-electron chi connectivity index (χ4n) is 1.99. The predicted octanol–water partition coefficient (Wildman–Crippen LogP) is 1.19. The third-order valence-corrected chi connectivity index (χ3v) is 3.22. The number of nitrogens with one attached hydrogen (secondary N) is 2. The number of methoxy groups -OCH3 is 2. The highest BCUT2D eigenvalue weighted by Crippen LogP contribution is 2.30. The minimum absolute atomic E-state index is 0.0792. The minimum Gasteiger partial charge on any atom is -0.504 e. The molecule has 0 heterocycles. The van der Waals surface area contributed by atoms with Crippen LogP contribution < -0.4 is 20.3 Å². The Balaban J connectivity index is 2.11. The molecule has 8 heteroatoms. The summed E-state index contributed by atoms with van der Waals surface area (Å²) < 4.78 is 9.82. The molecule has 0 saturated carbocycles. The van der Waals surface area contributed by atoms with Gasteiger partial charge in [0.15, 0.2) is 23.0 Å². The van der Waals surface area contributed by atoms with Crippen LogP contribution in [-0.4, -0.2) is 36.2 Å². The molecule has 2 aromatic rings. The first-order chi connectivity index (χ1) is 11.5. The van der Waals surface area contributed by atoms with Gasteiger partial charge in [0.25, 0.3) is 11.8 Å². The molecule has 8 nitrogen and oxygen atoms in total. The average molecular weight is 332 g/mol. The monoisotopic (exact) mass is 332 g/mol. The number of carbonyl (C=O) groups is 2. The molecule has 0 aromatic heterocycles. The number of rotatable bonds is 4. The first-order valence-corrected chi connectivity index (χ1v) is 6.82. The molecule has 0 spiro atoms. The van der Waals surface area contributed by atoms with E-state index >= 15 is 0 Å². The van der Waals surface area contributed by atoms with E-state index in [4.69, 9.17) is 9.47 Å². The number of aromatic hydroxyl groups is 2. The van der Waals surface area contributed by atoms with Crippen molar-refractivity contribution in [1.29, 1.82) is 0 Å². The van der Waals surface area contributed by atoms with Crippen molar-refractivity contribution in [3.8, 4) is 23.0 Å². The zero-order valence-corrected chi connectivity index (χ0v) is 13.0. The Bertz CT molecular complexity index is 710. The molecule has 24 heavy (non-hydrogen) atoms. The third-order valence-electron chi connectivity index (χ3n) is 3.22. The maximum absolute atomic E-state index is 12.0. The topological polar surface area (TPSA) is 117 Å². The second kappa shape index (κ2) is 7.23. The van der Waals surface area contributed by atoms with Gasteiger partial charge in [-0.25, -0.2) is 0 Å². The number of para-hydroxylation sites is 2. The van der Waals surface area contributed by atoms with Crippen molar-refractivity contribution in [2.45, 2.75) is 0 Å². The zero-order chi connectivity index (χ0) is 17.7. The molecule has 0 saturated heterocycles. The van der Waals surface area contributed by atoms with Crippen molar-refractivity contribution < 1.29 is 29.3 Å². The van der Waals surface area contributed by atoms with Gasteiger partial charge >= 0.3 is 0 Å². The lowest BCUT2D eigenvalue weighted by atomic mass is 10.1. The van der Waals surface area contributed by atoms with E-state index in [1.807, 2.05) is 0 Å². The summed E-state index contributed by atoms with van der Waals surface area (Å²) in [5.74, 6) is -1.95. The third kappa shape index (κ3) is 3.32. The first kappa shape index (κ1) is 16.9. The number of carbonyl (C=O) groups excluding carboxylic acids is 2. The van der Waals surface area contributed by atoms with E-state index in [0.717, 1.165) is 0 Å². The molecule has 0 radical (unpaired) electrons. The molecule has 126 valence electrons. The minimum atomic E-state index is -0.748. The maximum Gasteiger partial charge on any atom is 0.273 e. The molecule has 2 aromatic carbocycles. The summed E-state index contributed by atoms with van der Waals surface area (Å²) in [4.78, 5) is 24.1. The smallest absolute Gasteiger partial charge is 0.273 e. The molecular formula is C16H16N2O6. The van der Waals surface area contributed by atoms with Gasteiger partial charge in [-0.3, -0.25) is 20.4 Å². The summed E-state index contributed by atoms with van der Waals surface area (Å²) in [5, 5.41) is 19.8. The van der Waals surface area contributed by atoms with Gasteiger partial charge < -0.3 is 19.7 Å². The van der Waals surface area contributed by atoms with Crippen molar-refractivity contribution in [1.82, 2.24) is 10.9 Å². The molecule has 0 atom stereocenters. The summed E-state index contributed by atoms with van der Waals surface area (Å²) in [6.07, 6.45) is 0. The Morgan fingerprint density at radius 1 is 0.792 bits per heavy atom. The largest absolute Gasteiger partial charge is 0.504 e. The van der Waals surface area contributed by atoms with Gasteiger partial charge in [-0.2, -0.15) is 0 Å². The Labute approximate surface area is 137 Å². The fraction of sp³-hybridized carbons (Fsp3) is 0.125. The van der Waals surface area contributed by atoms with E-state index < -0.39 is 11.8 Å². The average Bonchev–Trinajstić information content (AvgIpc) is 2.59. The van der Waals surface area contributed by atoms with Gasteiger partial charge in [0.2, 0.25) is 0 Å². The molecule has 2 rings (SSSR count). The van der Waals surface area contributed by atoms with Crippen LogP contribution in [-0.2, 0) is 0 Å². The van der Waals surface area contributed by atoms with Crippen LogP contribution in [0, 0.1) is 0 Å². The lowest BCUT2D eigenvalue weighted by molar-refractivity contribution is 0.0842. The molecule has 0 bridgehead atoms. The SMILES string of the molecule is COc1cccc(C(=O)NNC(=O)c2cccc(OC)c2O)c1O. The number of phenols is 2. The second-order valence-electron chi connectivity index (χ2n) is 4.62. The Morgan fingerprint density at radius 2 is 1.17 bits per heavy atom. The highest BCUT2D eigenvalue weighted by Gasteiger charge is 2.18. The number of phenolic OH excluding ortho intramolecular Hbond substituents is 2. The van der Waals surface area contributed by atoms with Crippen LogP contribution >= 0.6 is 0 Å². The molecule has 0 aliphatic carbocycles. The summed E-state index contributed by atoms with van der Waals surface area (Å²) in [7, 11) is 2.70. The summed E-state index contributed by atoms with van der Waals surface area (Å²) in [5.41, 5.74) is 4.14. The van der Waals surface area contributed by atoms with Crippen LogP contribution in [0.5, 0.6) is 23.0 Å². The Hall–Kier alpha value is -3.42. The standard InChI is InChI=1S/C16H16N2O6/c1-23-11-7-3-5-9(13(11)19)15(21)17-18-16(22)10-6-4-8-12(24-2)14(10)20/h3-8,19-20H,1-2H3,(H,17,21)(H,18,22). The van der Waals surface area contributed by atoms with Crippen molar-refractivity contribution in [2.75, 3.05) is 14.2 Å². The van der Waals surface area contributed by atoms with E-state index in [9.17, 15) is 19.8 Å². The highest BCUT2D eigenvalue weighted by molar-refractivity contribution is 6.02. The number of hydrogen-bond donors (Lipinski definition) is 4. The van der Waals surface area contributed by atoms with Crippen LogP contribution in [0.2, 0.25) is 0 Å². The van der Waals surface area contributed by atoms with E-state index in [1.165, 1.54) is 50.6 Å². The van der Waals surface area contributed by atoms with Crippen LogP contribution in [0.25, 0.3) is 0 Å². The van der Waals surface area contributed by atoms with E-state index in [-0.39, 0.29) is 34.1 Å². The molecule has 0 fully saturated rings. The van der Waals surface area contributed by atoms with Crippen LogP contribution in [0.4, 0.5) is 0 Å². The van der Waals surface area contributed by atoms with Gasteiger partial charge in [0, 0.05) is 0 Å². The molecular weight excluding hydrogens is 316 g/mol. The molecule has 0 unspecified atom stereocenters. The van der Waals surface area contributed by atoms with Gasteiger partial charge in [-0.05, 0) is 24.3 Å². The van der Waals surface area contributed by atoms with Crippen molar-refractivity contribution in [2.24, 2.45) is 0 Å². The number of hydrogen-bond acceptors (Lipinski definition) is 6. The summed E-state index contributed by atoms with van der Waals surface area (Å²) >= 11 is 0. The van der Waals surface area contributed by atoms with Crippen molar-refractivity contribution >= 4 is 11.8 Å². The van der Waals surface area contributed by atoms with Gasteiger partial charge in [0.1, 0.15) is 0 Å². The lowest BCUT2D eigenvalue weighted by Gasteiger charge is -2.12. The van der Waals surface area contributed by atoms with E-state index in [1.54, 1.807) is 0 Å². The summed E-state index contributed by atoms with van der Waals surface area (Å²) in [6.45, 7) is 0. The predicted molar refractivity (Wildman–Crippen MR) is 84.3 cm³/mol. The first-order valence-electron chi connectivity index (χ1n) is 6.82. The number of amides is 2. The quantitative estimate of drug-likeness (QED) is 0.625. The van der Waals surface area contributed by atoms with Crippen molar-refractivity contribution in [3.63, 3.8) is 0 Å². The number of ether oxygens (including phenoxy) is 2. The normalized spacial score (nSPS) is 9.92. The number of hydrazine groups is 1. The zero-order valence-electron chi connectivity index (χ0n) is 13.0. The Kier molecular flexibility index (Phi) is 5.10. The fourth-order valence-corrected chi connectivity index (χ4v) is 1.99. The molecule has 0 aliphatic rings. The van der Waals surface area contributed by atoms with Gasteiger partial charge in [0.05, 0.1) is 25.3 Å². The van der Waals surface area contributed by atoms with Gasteiger partial charge in [-0.15, -0.1) is 0 Å². The second-order valence-corrected chi connectivity index (χ2v) is 4.62. The Morgan fingerprint density at radius 3 is 1.50 bits per heavy atom.